The van der Waals surface area contributed by atoms with Crippen molar-refractivity contribution in [1.29, 1.82) is 0 Å². The van der Waals surface area contributed by atoms with Gasteiger partial charge >= 0.3 is 100 Å². The number of methoxy groups -OCH3 is 1. The molecule has 0 unspecified atom stereocenters. The zero-order chi connectivity index (χ0) is 11.8. The van der Waals surface area contributed by atoms with Gasteiger partial charge in [0.2, 0.25) is 0 Å². The zero-order valence-electron chi connectivity index (χ0n) is 10.0. The van der Waals surface area contributed by atoms with Gasteiger partial charge in [-0.05, 0) is 0 Å². The first kappa shape index (κ1) is 11.6. The summed E-state index contributed by atoms with van der Waals surface area (Å²) in [6.07, 6.45) is 1.75. The molecule has 1 heterocycles. The first-order valence-electron chi connectivity index (χ1n) is 5.24. The molecular formula is C12H16O3Sn. The summed E-state index contributed by atoms with van der Waals surface area (Å²) >= 11 is -2.20. The molecule has 0 bridgehead atoms. The van der Waals surface area contributed by atoms with Crippen LogP contribution in [0, 0.1) is 0 Å². The predicted molar refractivity (Wildman–Crippen MR) is 65.7 cm³/mol. The standard InChI is InChI=1S/C9H7O3.3CH3.Sn/c1-10-7-2-3-8-9(6-7)12-5-4-11-8;;;;/h2-4,6H,1H3;3*1H3;. The molecule has 0 aromatic heterocycles. The molecule has 4 heteroatoms. The van der Waals surface area contributed by atoms with Crippen molar-refractivity contribution in [1.82, 2.24) is 0 Å². The summed E-state index contributed by atoms with van der Waals surface area (Å²) in [7, 11) is 1.64. The number of hydrogen-bond donors (Lipinski definition) is 0. The van der Waals surface area contributed by atoms with Crippen molar-refractivity contribution in [2.75, 3.05) is 7.11 Å². The topological polar surface area (TPSA) is 27.7 Å². The molecule has 0 N–H and O–H groups in total. The fourth-order valence-electron chi connectivity index (χ4n) is 1.38. The van der Waals surface area contributed by atoms with E-state index in [0.29, 0.717) is 0 Å². The SMILES string of the molecule is COc1ccc2c(c1)O[C]([Sn]([CH3])([CH3])[CH3])=CO2. The maximum atomic E-state index is 5.89. The molecule has 86 valence electrons. The van der Waals surface area contributed by atoms with Gasteiger partial charge in [0.05, 0.1) is 0 Å². The predicted octanol–water partition coefficient (Wildman–Crippen LogP) is 3.19. The molecule has 0 fully saturated rings. The van der Waals surface area contributed by atoms with Crippen molar-refractivity contribution in [2.45, 2.75) is 14.8 Å². The Hall–Kier alpha value is -0.841. The van der Waals surface area contributed by atoms with E-state index in [1.165, 1.54) is 0 Å². The van der Waals surface area contributed by atoms with E-state index in [1.54, 1.807) is 13.4 Å². The van der Waals surface area contributed by atoms with E-state index >= 15 is 0 Å². The summed E-state index contributed by atoms with van der Waals surface area (Å²) < 4.78 is 17.6. The van der Waals surface area contributed by atoms with E-state index in [1.807, 2.05) is 18.2 Å². The van der Waals surface area contributed by atoms with Gasteiger partial charge in [0.15, 0.2) is 0 Å². The molecule has 0 saturated carbocycles. The summed E-state index contributed by atoms with van der Waals surface area (Å²) in [6.45, 7) is 0. The molecule has 1 aromatic carbocycles. The van der Waals surface area contributed by atoms with Crippen LogP contribution < -0.4 is 14.2 Å². The third-order valence-electron chi connectivity index (χ3n) is 2.40. The first-order chi connectivity index (χ1) is 7.50. The Labute approximate surface area is 99.9 Å². The third kappa shape index (κ3) is 2.29. The fourth-order valence-corrected chi connectivity index (χ4v) is 3.75. The first-order valence-corrected chi connectivity index (χ1v) is 15.2. The second kappa shape index (κ2) is 4.20. The molecule has 0 spiro atoms. The molecule has 2 rings (SSSR count). The van der Waals surface area contributed by atoms with E-state index < -0.39 is 18.4 Å². The van der Waals surface area contributed by atoms with Crippen LogP contribution in [0.2, 0.25) is 14.8 Å². The van der Waals surface area contributed by atoms with Crippen molar-refractivity contribution in [2.24, 2.45) is 0 Å². The normalized spacial score (nSPS) is 14.4. The van der Waals surface area contributed by atoms with E-state index in [2.05, 4.69) is 14.8 Å². The average molecular weight is 327 g/mol. The maximum absolute atomic E-state index is 5.89. The summed E-state index contributed by atoms with van der Waals surface area (Å²) in [6, 6.07) is 5.58. The number of ether oxygens (including phenoxy) is 3. The van der Waals surface area contributed by atoms with Crippen LogP contribution in [-0.2, 0) is 0 Å². The summed E-state index contributed by atoms with van der Waals surface area (Å²) in [5.41, 5.74) is 0. The van der Waals surface area contributed by atoms with E-state index in [9.17, 15) is 0 Å². The molecule has 0 saturated heterocycles. The molecule has 0 radical (unpaired) electrons. The Kier molecular flexibility index (Phi) is 3.06. The van der Waals surface area contributed by atoms with Gasteiger partial charge in [0, 0.05) is 0 Å². The minimum atomic E-state index is -2.20. The molecule has 0 aliphatic carbocycles. The van der Waals surface area contributed by atoms with Crippen molar-refractivity contribution < 1.29 is 14.2 Å². The van der Waals surface area contributed by atoms with Gasteiger partial charge in [-0.25, -0.2) is 0 Å². The molecular weight excluding hydrogens is 311 g/mol. The average Bonchev–Trinajstić information content (AvgIpc) is 2.26. The summed E-state index contributed by atoms with van der Waals surface area (Å²) in [4.78, 5) is 6.86. The molecule has 1 aliphatic rings. The van der Waals surface area contributed by atoms with Crippen molar-refractivity contribution >= 4 is 18.4 Å². The van der Waals surface area contributed by atoms with Gasteiger partial charge in [-0.3, -0.25) is 0 Å². The second-order valence-electron chi connectivity index (χ2n) is 4.76. The van der Waals surface area contributed by atoms with E-state index in [-0.39, 0.29) is 0 Å². The fraction of sp³-hybridized carbons (Fsp3) is 0.333. The van der Waals surface area contributed by atoms with Gasteiger partial charge in [-0.15, -0.1) is 0 Å². The minimum absolute atomic E-state index is 0.750. The quantitative estimate of drug-likeness (QED) is 0.781. The van der Waals surface area contributed by atoms with Crippen LogP contribution in [0.15, 0.2) is 28.2 Å². The Morgan fingerprint density at radius 2 is 1.88 bits per heavy atom. The number of fused-ring (bicyclic) bond motifs is 1. The Morgan fingerprint density at radius 1 is 1.12 bits per heavy atom. The number of benzene rings is 1. The van der Waals surface area contributed by atoms with E-state index in [4.69, 9.17) is 14.2 Å². The zero-order valence-corrected chi connectivity index (χ0v) is 12.9. The summed E-state index contributed by atoms with van der Waals surface area (Å²) in [5, 5.41) is 0. The molecule has 0 atom stereocenters. The Morgan fingerprint density at radius 3 is 2.50 bits per heavy atom. The van der Waals surface area contributed by atoms with Gasteiger partial charge < -0.3 is 0 Å². The molecule has 0 amide bonds. The number of hydrogen-bond acceptors (Lipinski definition) is 3. The van der Waals surface area contributed by atoms with Gasteiger partial charge in [-0.1, -0.05) is 0 Å². The molecule has 16 heavy (non-hydrogen) atoms. The van der Waals surface area contributed by atoms with Crippen LogP contribution in [0.5, 0.6) is 17.2 Å². The van der Waals surface area contributed by atoms with Gasteiger partial charge in [0.1, 0.15) is 0 Å². The van der Waals surface area contributed by atoms with Crippen LogP contribution in [-0.4, -0.2) is 25.5 Å². The van der Waals surface area contributed by atoms with Crippen LogP contribution in [0.25, 0.3) is 0 Å². The van der Waals surface area contributed by atoms with Crippen molar-refractivity contribution in [3.05, 3.63) is 28.2 Å². The molecule has 1 aromatic rings. The number of rotatable bonds is 2. The third-order valence-corrected chi connectivity index (χ3v) is 7.25. The summed E-state index contributed by atoms with van der Waals surface area (Å²) in [5.74, 6) is 2.29. The van der Waals surface area contributed by atoms with Gasteiger partial charge in [0.25, 0.3) is 0 Å². The monoisotopic (exact) mass is 328 g/mol. The Bertz CT molecular complexity index is 432. The van der Waals surface area contributed by atoms with Crippen LogP contribution >= 0.6 is 0 Å². The van der Waals surface area contributed by atoms with E-state index in [0.717, 1.165) is 21.0 Å². The van der Waals surface area contributed by atoms with Crippen LogP contribution in [0.1, 0.15) is 0 Å². The van der Waals surface area contributed by atoms with Gasteiger partial charge in [-0.2, -0.15) is 0 Å². The molecule has 1 aliphatic heterocycles. The van der Waals surface area contributed by atoms with Crippen LogP contribution in [0.3, 0.4) is 0 Å². The van der Waals surface area contributed by atoms with Crippen molar-refractivity contribution in [3.8, 4) is 17.2 Å². The second-order valence-corrected chi connectivity index (χ2v) is 19.0. The van der Waals surface area contributed by atoms with Crippen molar-refractivity contribution in [3.63, 3.8) is 0 Å². The Balaban J connectivity index is 2.31. The van der Waals surface area contributed by atoms with Crippen LogP contribution in [0.4, 0.5) is 0 Å². The molecule has 3 nitrogen and oxygen atoms in total.